The van der Waals surface area contributed by atoms with E-state index in [1.165, 1.54) is 12.1 Å². The van der Waals surface area contributed by atoms with Crippen molar-refractivity contribution in [2.24, 2.45) is 4.99 Å². The molecule has 4 N–H and O–H groups in total. The number of aliphatic imine (C=N–C) groups is 1. The number of nitrogens with zero attached hydrogens (tertiary/aromatic N) is 1. The molecule has 0 radical (unpaired) electrons. The van der Waals surface area contributed by atoms with E-state index in [2.05, 4.69) is 20.3 Å². The lowest BCUT2D eigenvalue weighted by molar-refractivity contribution is -0.137. The summed E-state index contributed by atoms with van der Waals surface area (Å²) in [5.74, 6) is 0.187. The normalized spacial score (nSPS) is 14.6. The fourth-order valence-corrected chi connectivity index (χ4v) is 4.61. The number of hydrogen-bond acceptors (Lipinski definition) is 7. The van der Waals surface area contributed by atoms with Crippen LogP contribution in [-0.2, 0) is 14.8 Å². The summed E-state index contributed by atoms with van der Waals surface area (Å²) >= 11 is 0. The second kappa shape index (κ2) is 12.2. The first-order chi connectivity index (χ1) is 15.9. The molecule has 0 aromatic heterocycles. The van der Waals surface area contributed by atoms with Gasteiger partial charge in [-0.15, -0.1) is 0 Å². The molecule has 1 atom stereocenters. The molecule has 9 nitrogen and oxygen atoms in total. The lowest BCUT2D eigenvalue weighted by Crippen LogP contribution is -2.41. The largest absolute Gasteiger partial charge is 0.494 e. The van der Waals surface area contributed by atoms with Gasteiger partial charge < -0.3 is 20.5 Å². The zero-order chi connectivity index (χ0) is 23.5. The Kier molecular flexibility index (Phi) is 9.08. The van der Waals surface area contributed by atoms with Crippen LogP contribution in [0.15, 0.2) is 64.5 Å². The molecule has 0 amide bonds. The van der Waals surface area contributed by atoms with Gasteiger partial charge in [0.1, 0.15) is 5.75 Å². The molecule has 2 aromatic rings. The maximum absolute atomic E-state index is 12.9. The Labute approximate surface area is 194 Å². The highest BCUT2D eigenvalue weighted by molar-refractivity contribution is 7.89. The predicted octanol–water partition coefficient (Wildman–Crippen LogP) is 2.28. The van der Waals surface area contributed by atoms with Gasteiger partial charge in [-0.1, -0.05) is 36.4 Å². The van der Waals surface area contributed by atoms with E-state index in [4.69, 9.17) is 4.74 Å². The van der Waals surface area contributed by atoms with E-state index in [1.807, 2.05) is 0 Å². The summed E-state index contributed by atoms with van der Waals surface area (Å²) in [6.45, 7) is 3.00. The fraction of sp³-hybridized carbons (Fsp3) is 0.391. The Balaban J connectivity index is 1.53. The van der Waals surface area contributed by atoms with Crippen LogP contribution in [0.3, 0.4) is 0 Å². The van der Waals surface area contributed by atoms with Crippen molar-refractivity contribution in [3.05, 3.63) is 60.2 Å². The molecule has 3 rings (SSSR count). The molecule has 1 unspecified atom stereocenters. The van der Waals surface area contributed by atoms with Gasteiger partial charge in [-0.25, -0.2) is 13.1 Å². The summed E-state index contributed by atoms with van der Waals surface area (Å²) in [5.41, 5.74) is 0.582. The van der Waals surface area contributed by atoms with E-state index in [-0.39, 0.29) is 11.3 Å². The van der Waals surface area contributed by atoms with E-state index in [0.717, 1.165) is 44.9 Å². The quantitative estimate of drug-likeness (QED) is 0.347. The molecule has 1 heterocycles. The van der Waals surface area contributed by atoms with E-state index >= 15 is 0 Å². The number of sulfonamides is 1. The van der Waals surface area contributed by atoms with Gasteiger partial charge in [0, 0.05) is 25.7 Å². The zero-order valence-corrected chi connectivity index (χ0v) is 19.2. The SMILES string of the molecule is O=C(O)CC(NS(=O)(=O)c1cccc(OCCCCNC2=NCCCN2)c1)c1ccccc1. The summed E-state index contributed by atoms with van der Waals surface area (Å²) in [7, 11) is -3.95. The molecule has 1 aliphatic rings. The minimum atomic E-state index is -3.95. The van der Waals surface area contributed by atoms with E-state index < -0.39 is 22.0 Å². The van der Waals surface area contributed by atoms with Crippen LogP contribution in [0, 0.1) is 0 Å². The predicted molar refractivity (Wildman–Crippen MR) is 126 cm³/mol. The van der Waals surface area contributed by atoms with Gasteiger partial charge in [0.2, 0.25) is 10.0 Å². The molecule has 178 valence electrons. The number of rotatable bonds is 12. The maximum Gasteiger partial charge on any atom is 0.305 e. The van der Waals surface area contributed by atoms with Crippen LogP contribution in [0.4, 0.5) is 0 Å². The Bertz CT molecular complexity index is 1040. The number of guanidine groups is 1. The van der Waals surface area contributed by atoms with Crippen LogP contribution in [0.25, 0.3) is 0 Å². The monoisotopic (exact) mass is 474 g/mol. The standard InChI is InChI=1S/C23H30N4O5S/c28-22(29)17-21(18-8-2-1-3-9-18)27-33(30,31)20-11-6-10-19(16-20)32-15-5-4-12-24-23-25-13-7-14-26-23/h1-3,6,8-11,16,21,27H,4-5,7,12-15,17H2,(H,28,29)(H2,24,25,26). The number of carboxylic acids is 1. The molecule has 1 aliphatic heterocycles. The maximum atomic E-state index is 12.9. The third-order valence-corrected chi connectivity index (χ3v) is 6.49. The number of benzene rings is 2. The summed E-state index contributed by atoms with van der Waals surface area (Å²) in [5, 5.41) is 15.7. The van der Waals surface area contributed by atoms with Crippen LogP contribution in [0.2, 0.25) is 0 Å². The highest BCUT2D eigenvalue weighted by atomic mass is 32.2. The van der Waals surface area contributed by atoms with Crippen molar-refractivity contribution in [1.82, 2.24) is 15.4 Å². The van der Waals surface area contributed by atoms with E-state index in [0.29, 0.717) is 17.9 Å². The summed E-state index contributed by atoms with van der Waals surface area (Å²) in [6.07, 6.45) is 2.36. The second-order valence-corrected chi connectivity index (χ2v) is 9.36. The molecule has 0 aliphatic carbocycles. The Morgan fingerprint density at radius 3 is 2.70 bits per heavy atom. The number of aliphatic carboxylic acids is 1. The summed E-state index contributed by atoms with van der Waals surface area (Å²) in [6, 6.07) is 14.0. The topological polar surface area (TPSA) is 129 Å². The van der Waals surface area contributed by atoms with Crippen LogP contribution in [-0.4, -0.2) is 51.7 Å². The van der Waals surface area contributed by atoms with Crippen molar-refractivity contribution in [2.45, 2.75) is 36.6 Å². The van der Waals surface area contributed by atoms with Gasteiger partial charge in [-0.05, 0) is 37.0 Å². The van der Waals surface area contributed by atoms with Crippen molar-refractivity contribution in [1.29, 1.82) is 0 Å². The summed E-state index contributed by atoms with van der Waals surface area (Å²) < 4.78 is 34.1. The minimum Gasteiger partial charge on any atom is -0.494 e. The van der Waals surface area contributed by atoms with Crippen molar-refractivity contribution in [2.75, 3.05) is 26.2 Å². The van der Waals surface area contributed by atoms with Crippen molar-refractivity contribution in [3.63, 3.8) is 0 Å². The Morgan fingerprint density at radius 1 is 1.15 bits per heavy atom. The van der Waals surface area contributed by atoms with Crippen LogP contribution >= 0.6 is 0 Å². The smallest absolute Gasteiger partial charge is 0.305 e. The number of carbonyl (C=O) groups is 1. The molecule has 0 saturated carbocycles. The third-order valence-electron chi connectivity index (χ3n) is 5.02. The first-order valence-corrected chi connectivity index (χ1v) is 12.5. The molecule has 0 spiro atoms. The number of nitrogens with one attached hydrogen (secondary N) is 3. The molecule has 0 bridgehead atoms. The minimum absolute atomic E-state index is 0.0226. The first-order valence-electron chi connectivity index (χ1n) is 11.0. The van der Waals surface area contributed by atoms with Gasteiger partial charge in [-0.2, -0.15) is 0 Å². The number of carboxylic acid groups (broad SMARTS) is 1. The first kappa shape index (κ1) is 24.5. The van der Waals surface area contributed by atoms with E-state index in [9.17, 15) is 18.3 Å². The average Bonchev–Trinajstić information content (AvgIpc) is 2.82. The highest BCUT2D eigenvalue weighted by Gasteiger charge is 2.24. The molecule has 33 heavy (non-hydrogen) atoms. The second-order valence-electron chi connectivity index (χ2n) is 7.65. The fourth-order valence-electron chi connectivity index (χ4n) is 3.35. The van der Waals surface area contributed by atoms with Crippen LogP contribution in [0.1, 0.15) is 37.3 Å². The molecule has 10 heteroatoms. The molecule has 2 aromatic carbocycles. The lowest BCUT2D eigenvalue weighted by atomic mass is 10.1. The Morgan fingerprint density at radius 2 is 1.97 bits per heavy atom. The Hall–Kier alpha value is -3.11. The molecular formula is C23H30N4O5S. The molecular weight excluding hydrogens is 444 g/mol. The van der Waals surface area contributed by atoms with Gasteiger partial charge >= 0.3 is 5.97 Å². The van der Waals surface area contributed by atoms with Crippen molar-refractivity contribution >= 4 is 22.0 Å². The molecule has 0 fully saturated rings. The summed E-state index contributed by atoms with van der Waals surface area (Å²) in [4.78, 5) is 15.6. The van der Waals surface area contributed by atoms with Gasteiger partial charge in [0.25, 0.3) is 0 Å². The number of ether oxygens (including phenoxy) is 1. The number of unbranched alkanes of at least 4 members (excludes halogenated alkanes) is 1. The van der Waals surface area contributed by atoms with Crippen LogP contribution in [0.5, 0.6) is 5.75 Å². The van der Waals surface area contributed by atoms with Crippen molar-refractivity contribution < 1.29 is 23.1 Å². The lowest BCUT2D eigenvalue weighted by Gasteiger charge is -2.18. The van der Waals surface area contributed by atoms with Gasteiger partial charge in [-0.3, -0.25) is 9.79 Å². The molecule has 0 saturated heterocycles. The van der Waals surface area contributed by atoms with Gasteiger partial charge in [0.15, 0.2) is 5.96 Å². The zero-order valence-electron chi connectivity index (χ0n) is 18.4. The van der Waals surface area contributed by atoms with Crippen LogP contribution < -0.4 is 20.1 Å². The highest BCUT2D eigenvalue weighted by Crippen LogP contribution is 2.23. The van der Waals surface area contributed by atoms with Crippen molar-refractivity contribution in [3.8, 4) is 5.75 Å². The third kappa shape index (κ3) is 8.07. The van der Waals surface area contributed by atoms with Gasteiger partial charge in [0.05, 0.1) is 24.0 Å². The van der Waals surface area contributed by atoms with E-state index in [1.54, 1.807) is 42.5 Å². The average molecular weight is 475 g/mol. The number of hydrogen-bond donors (Lipinski definition) is 4.